The van der Waals surface area contributed by atoms with E-state index in [2.05, 4.69) is 4.98 Å². The molecule has 0 aliphatic rings. The highest BCUT2D eigenvalue weighted by Crippen LogP contribution is 2.24. The molecule has 80 valence electrons. The molecule has 0 aromatic carbocycles. The predicted octanol–water partition coefficient (Wildman–Crippen LogP) is 2.48. The molecular weight excluding hydrogens is 202 g/mol. The number of anilines is 1. The molecule has 3 heterocycles. The lowest BCUT2D eigenvalue weighted by Gasteiger charge is -1.99. The number of aromatic nitrogens is 2. The molecule has 0 amide bonds. The van der Waals surface area contributed by atoms with Crippen LogP contribution in [-0.4, -0.2) is 9.38 Å². The summed E-state index contributed by atoms with van der Waals surface area (Å²) in [6.07, 6.45) is 3.68. The van der Waals surface area contributed by atoms with E-state index in [0.717, 1.165) is 22.9 Å². The summed E-state index contributed by atoms with van der Waals surface area (Å²) < 4.78 is 7.48. The van der Waals surface area contributed by atoms with Crippen LogP contribution in [0.15, 0.2) is 41.1 Å². The Kier molecular flexibility index (Phi) is 1.77. The van der Waals surface area contributed by atoms with Gasteiger partial charge in [0.2, 0.25) is 0 Å². The number of rotatable bonds is 1. The molecule has 3 aromatic rings. The van der Waals surface area contributed by atoms with Crippen molar-refractivity contribution in [1.29, 1.82) is 0 Å². The Morgan fingerprint density at radius 3 is 2.94 bits per heavy atom. The molecular formula is C12H11N3O. The largest absolute Gasteiger partial charge is 0.458 e. The molecule has 0 radical (unpaired) electrons. The van der Waals surface area contributed by atoms with Gasteiger partial charge >= 0.3 is 0 Å². The standard InChI is InChI=1S/C12H11N3O/c1-8-4-5-11(16-8)12-14-7-10-9(13)3-2-6-15(10)12/h2-7H,13H2,1H3. The van der Waals surface area contributed by atoms with E-state index in [1.165, 1.54) is 0 Å². The summed E-state index contributed by atoms with van der Waals surface area (Å²) in [7, 11) is 0. The van der Waals surface area contributed by atoms with Crippen LogP contribution >= 0.6 is 0 Å². The van der Waals surface area contributed by atoms with Crippen molar-refractivity contribution in [2.24, 2.45) is 0 Å². The summed E-state index contributed by atoms with van der Waals surface area (Å²) in [5, 5.41) is 0. The Morgan fingerprint density at radius 2 is 2.19 bits per heavy atom. The van der Waals surface area contributed by atoms with Crippen molar-refractivity contribution < 1.29 is 4.42 Å². The van der Waals surface area contributed by atoms with Crippen LogP contribution in [0, 0.1) is 6.92 Å². The predicted molar refractivity (Wildman–Crippen MR) is 62.0 cm³/mol. The Morgan fingerprint density at radius 1 is 1.31 bits per heavy atom. The van der Waals surface area contributed by atoms with Crippen LogP contribution in [0.4, 0.5) is 5.69 Å². The minimum absolute atomic E-state index is 0.713. The fourth-order valence-electron chi connectivity index (χ4n) is 1.78. The van der Waals surface area contributed by atoms with Gasteiger partial charge in [-0.1, -0.05) is 0 Å². The summed E-state index contributed by atoms with van der Waals surface area (Å²) in [6.45, 7) is 1.91. The third-order valence-electron chi connectivity index (χ3n) is 2.56. The van der Waals surface area contributed by atoms with Crippen molar-refractivity contribution in [3.05, 3.63) is 42.4 Å². The number of pyridine rings is 1. The fourth-order valence-corrected chi connectivity index (χ4v) is 1.78. The van der Waals surface area contributed by atoms with Gasteiger partial charge in [-0.05, 0) is 31.2 Å². The lowest BCUT2D eigenvalue weighted by Crippen LogP contribution is -1.92. The Bertz CT molecular complexity index is 651. The highest BCUT2D eigenvalue weighted by atomic mass is 16.3. The zero-order chi connectivity index (χ0) is 11.1. The van der Waals surface area contributed by atoms with E-state index in [1.807, 2.05) is 41.8 Å². The van der Waals surface area contributed by atoms with E-state index in [9.17, 15) is 0 Å². The average molecular weight is 213 g/mol. The van der Waals surface area contributed by atoms with E-state index in [1.54, 1.807) is 6.20 Å². The van der Waals surface area contributed by atoms with Crippen molar-refractivity contribution in [1.82, 2.24) is 9.38 Å². The summed E-state index contributed by atoms with van der Waals surface area (Å²) in [6, 6.07) is 7.58. The van der Waals surface area contributed by atoms with Crippen LogP contribution in [0.3, 0.4) is 0 Å². The van der Waals surface area contributed by atoms with Gasteiger partial charge in [0.05, 0.1) is 17.4 Å². The number of imidazole rings is 1. The molecule has 0 aliphatic carbocycles. The number of nitrogens with zero attached hydrogens (tertiary/aromatic N) is 2. The van der Waals surface area contributed by atoms with Gasteiger partial charge in [-0.25, -0.2) is 4.98 Å². The fraction of sp³-hybridized carbons (Fsp3) is 0.0833. The first kappa shape index (κ1) is 9.03. The van der Waals surface area contributed by atoms with Crippen molar-refractivity contribution in [2.75, 3.05) is 5.73 Å². The number of hydrogen-bond donors (Lipinski definition) is 1. The third kappa shape index (κ3) is 1.20. The summed E-state index contributed by atoms with van der Waals surface area (Å²) in [5.41, 5.74) is 7.47. The monoisotopic (exact) mass is 213 g/mol. The molecule has 4 heteroatoms. The lowest BCUT2D eigenvalue weighted by molar-refractivity contribution is 0.544. The van der Waals surface area contributed by atoms with Gasteiger partial charge in [0, 0.05) is 6.20 Å². The summed E-state index contributed by atoms with van der Waals surface area (Å²) >= 11 is 0. The van der Waals surface area contributed by atoms with Crippen LogP contribution in [0.1, 0.15) is 5.76 Å². The van der Waals surface area contributed by atoms with Crippen molar-refractivity contribution in [3.63, 3.8) is 0 Å². The molecule has 0 fully saturated rings. The Balaban J connectivity index is 2.29. The minimum atomic E-state index is 0.713. The van der Waals surface area contributed by atoms with Gasteiger partial charge in [0.25, 0.3) is 0 Å². The smallest absolute Gasteiger partial charge is 0.180 e. The second kappa shape index (κ2) is 3.13. The van der Waals surface area contributed by atoms with E-state index < -0.39 is 0 Å². The van der Waals surface area contributed by atoms with Crippen LogP contribution in [0.5, 0.6) is 0 Å². The Hall–Kier alpha value is -2.23. The summed E-state index contributed by atoms with van der Waals surface area (Å²) in [5.74, 6) is 2.40. The highest BCUT2D eigenvalue weighted by Gasteiger charge is 2.10. The molecule has 0 bridgehead atoms. The Labute approximate surface area is 92.3 Å². The van der Waals surface area contributed by atoms with Crippen LogP contribution in [-0.2, 0) is 0 Å². The zero-order valence-corrected chi connectivity index (χ0v) is 8.84. The van der Waals surface area contributed by atoms with Crippen LogP contribution < -0.4 is 5.73 Å². The zero-order valence-electron chi connectivity index (χ0n) is 8.84. The first-order chi connectivity index (χ1) is 7.75. The second-order valence-corrected chi connectivity index (χ2v) is 3.71. The molecule has 4 nitrogen and oxygen atoms in total. The van der Waals surface area contributed by atoms with Crippen molar-refractivity contribution in [2.45, 2.75) is 6.92 Å². The molecule has 0 unspecified atom stereocenters. The molecule has 3 aromatic heterocycles. The van der Waals surface area contributed by atoms with E-state index >= 15 is 0 Å². The number of aryl methyl sites for hydroxylation is 1. The number of hydrogen-bond acceptors (Lipinski definition) is 3. The number of fused-ring (bicyclic) bond motifs is 1. The summed E-state index contributed by atoms with van der Waals surface area (Å²) in [4.78, 5) is 4.33. The quantitative estimate of drug-likeness (QED) is 0.675. The molecule has 0 atom stereocenters. The lowest BCUT2D eigenvalue weighted by atomic mass is 10.3. The molecule has 3 rings (SSSR count). The van der Waals surface area contributed by atoms with Crippen LogP contribution in [0.2, 0.25) is 0 Å². The highest BCUT2D eigenvalue weighted by molar-refractivity contribution is 5.72. The molecule has 16 heavy (non-hydrogen) atoms. The first-order valence-electron chi connectivity index (χ1n) is 5.04. The number of furan rings is 1. The van der Waals surface area contributed by atoms with Crippen molar-refractivity contribution in [3.8, 4) is 11.6 Å². The van der Waals surface area contributed by atoms with Crippen molar-refractivity contribution >= 4 is 11.2 Å². The third-order valence-corrected chi connectivity index (χ3v) is 2.56. The van der Waals surface area contributed by atoms with Crippen LogP contribution in [0.25, 0.3) is 17.1 Å². The van der Waals surface area contributed by atoms with Gasteiger partial charge in [0.15, 0.2) is 11.6 Å². The van der Waals surface area contributed by atoms with E-state index in [4.69, 9.17) is 10.2 Å². The van der Waals surface area contributed by atoms with Gasteiger partial charge in [-0.3, -0.25) is 4.40 Å². The van der Waals surface area contributed by atoms with E-state index in [0.29, 0.717) is 5.69 Å². The van der Waals surface area contributed by atoms with Gasteiger partial charge in [0.1, 0.15) is 5.76 Å². The maximum absolute atomic E-state index is 5.86. The maximum Gasteiger partial charge on any atom is 0.180 e. The maximum atomic E-state index is 5.86. The molecule has 0 spiro atoms. The molecule has 0 saturated heterocycles. The average Bonchev–Trinajstić information content (AvgIpc) is 2.84. The second-order valence-electron chi connectivity index (χ2n) is 3.71. The molecule has 0 aliphatic heterocycles. The van der Waals surface area contributed by atoms with Gasteiger partial charge in [-0.2, -0.15) is 0 Å². The minimum Gasteiger partial charge on any atom is -0.458 e. The SMILES string of the molecule is Cc1ccc(-c2ncc3c(N)cccn23)o1. The first-order valence-corrected chi connectivity index (χ1v) is 5.04. The number of nitrogens with two attached hydrogens (primary N) is 1. The molecule has 2 N–H and O–H groups in total. The normalized spacial score (nSPS) is 11.1. The molecule has 0 saturated carbocycles. The van der Waals surface area contributed by atoms with E-state index in [-0.39, 0.29) is 0 Å². The van der Waals surface area contributed by atoms with Gasteiger partial charge < -0.3 is 10.2 Å². The van der Waals surface area contributed by atoms with Gasteiger partial charge in [-0.15, -0.1) is 0 Å². The topological polar surface area (TPSA) is 56.5 Å². The number of nitrogen functional groups attached to an aromatic ring is 1.